The average Bonchev–Trinajstić information content (AvgIpc) is 3.65. The van der Waals surface area contributed by atoms with E-state index in [-0.39, 0.29) is 29.5 Å². The number of hydrogen-bond donors (Lipinski definition) is 1. The van der Waals surface area contributed by atoms with Gasteiger partial charge in [-0.3, -0.25) is 4.79 Å². The van der Waals surface area contributed by atoms with E-state index in [9.17, 15) is 23.1 Å². The number of halogens is 3. The van der Waals surface area contributed by atoms with E-state index in [0.29, 0.717) is 24.0 Å². The van der Waals surface area contributed by atoms with Crippen molar-refractivity contribution in [2.24, 2.45) is 5.92 Å². The third-order valence-corrected chi connectivity index (χ3v) is 7.41. The average molecular weight is 471 g/mol. The highest BCUT2D eigenvalue weighted by Crippen LogP contribution is 2.43. The summed E-state index contributed by atoms with van der Waals surface area (Å²) in [5.74, 6) is 0.484. The van der Waals surface area contributed by atoms with Gasteiger partial charge in [-0.05, 0) is 86.3 Å². The van der Waals surface area contributed by atoms with Crippen molar-refractivity contribution in [3.63, 3.8) is 0 Å². The van der Waals surface area contributed by atoms with Crippen molar-refractivity contribution < 1.29 is 23.1 Å². The first-order valence-corrected chi connectivity index (χ1v) is 11.7. The Hall–Kier alpha value is -2.85. The molecule has 2 aromatic carbocycles. The van der Waals surface area contributed by atoms with E-state index in [2.05, 4.69) is 13.0 Å². The Kier molecular flexibility index (Phi) is 6.48. The normalized spacial score (nSPS) is 24.7. The zero-order chi connectivity index (χ0) is 24.7. The first-order chi connectivity index (χ1) is 16.0. The third kappa shape index (κ3) is 4.69. The van der Waals surface area contributed by atoms with Crippen molar-refractivity contribution >= 4 is 5.91 Å². The van der Waals surface area contributed by atoms with Crippen molar-refractivity contribution in [1.29, 1.82) is 5.26 Å². The molecular formula is C27H29F3N2O2. The summed E-state index contributed by atoms with van der Waals surface area (Å²) in [6.45, 7) is 2.88. The van der Waals surface area contributed by atoms with E-state index in [0.717, 1.165) is 32.1 Å². The Balaban J connectivity index is 1.49. The fourth-order valence-corrected chi connectivity index (χ4v) is 5.12. The minimum Gasteiger partial charge on any atom is -0.376 e. The smallest absolute Gasteiger partial charge is 0.376 e. The van der Waals surface area contributed by atoms with Crippen molar-refractivity contribution in [3.05, 3.63) is 70.8 Å². The van der Waals surface area contributed by atoms with E-state index >= 15 is 0 Å². The van der Waals surface area contributed by atoms with E-state index in [1.165, 1.54) is 29.8 Å². The van der Waals surface area contributed by atoms with Crippen LogP contribution < -0.4 is 0 Å². The van der Waals surface area contributed by atoms with Crippen LogP contribution in [0.1, 0.15) is 78.9 Å². The fraction of sp³-hybridized carbons (Fsp3) is 0.481. The molecule has 7 heteroatoms. The Morgan fingerprint density at radius 2 is 1.65 bits per heavy atom. The first-order valence-electron chi connectivity index (χ1n) is 11.7. The molecule has 2 saturated carbocycles. The highest BCUT2D eigenvalue weighted by molar-refractivity contribution is 5.95. The Morgan fingerprint density at radius 3 is 2.15 bits per heavy atom. The van der Waals surface area contributed by atoms with Gasteiger partial charge in [-0.1, -0.05) is 31.2 Å². The van der Waals surface area contributed by atoms with Gasteiger partial charge in [0.1, 0.15) is 0 Å². The zero-order valence-corrected chi connectivity index (χ0v) is 19.3. The van der Waals surface area contributed by atoms with E-state index < -0.39 is 11.8 Å². The number of benzene rings is 2. The number of rotatable bonds is 5. The number of nitrogens with zero attached hydrogens (tertiary/aromatic N) is 2. The molecule has 0 bridgehead atoms. The lowest BCUT2D eigenvalue weighted by Gasteiger charge is -2.42. The van der Waals surface area contributed by atoms with Crippen LogP contribution in [0.5, 0.6) is 0 Å². The maximum atomic E-state index is 13.5. The van der Waals surface area contributed by atoms with Crippen LogP contribution in [-0.2, 0) is 5.60 Å². The number of aliphatic hydroxyl groups is 1. The molecule has 34 heavy (non-hydrogen) atoms. The van der Waals surface area contributed by atoms with Gasteiger partial charge in [-0.25, -0.2) is 0 Å². The third-order valence-electron chi connectivity index (χ3n) is 7.41. The second-order valence-electron chi connectivity index (χ2n) is 9.88. The van der Waals surface area contributed by atoms with Crippen LogP contribution in [0.2, 0.25) is 0 Å². The van der Waals surface area contributed by atoms with Gasteiger partial charge in [0.15, 0.2) is 5.60 Å². The molecule has 0 radical (unpaired) electrons. The van der Waals surface area contributed by atoms with E-state index in [4.69, 9.17) is 5.26 Å². The number of amides is 1. The van der Waals surface area contributed by atoms with Gasteiger partial charge in [-0.2, -0.15) is 18.4 Å². The van der Waals surface area contributed by atoms with Crippen LogP contribution >= 0.6 is 0 Å². The summed E-state index contributed by atoms with van der Waals surface area (Å²) in [5.41, 5.74) is -1.07. The highest BCUT2D eigenvalue weighted by atomic mass is 19.4. The first kappa shape index (κ1) is 24.3. The molecule has 4 atom stereocenters. The molecule has 2 aromatic rings. The van der Waals surface area contributed by atoms with Crippen LogP contribution in [0.25, 0.3) is 0 Å². The van der Waals surface area contributed by atoms with Gasteiger partial charge < -0.3 is 10.0 Å². The quantitative estimate of drug-likeness (QED) is 0.591. The maximum Gasteiger partial charge on any atom is 0.421 e. The minimum atomic E-state index is -4.80. The summed E-state index contributed by atoms with van der Waals surface area (Å²) < 4.78 is 39.5. The summed E-state index contributed by atoms with van der Waals surface area (Å²) in [6, 6.07) is 15.3. The fourth-order valence-electron chi connectivity index (χ4n) is 5.12. The van der Waals surface area contributed by atoms with Gasteiger partial charge in [0, 0.05) is 17.6 Å². The summed E-state index contributed by atoms with van der Waals surface area (Å²) in [6.07, 6.45) is -0.203. The molecule has 4 rings (SSSR count). The van der Waals surface area contributed by atoms with Gasteiger partial charge in [0.2, 0.25) is 0 Å². The molecule has 0 unspecified atom stereocenters. The van der Waals surface area contributed by atoms with Gasteiger partial charge >= 0.3 is 6.18 Å². The van der Waals surface area contributed by atoms with Crippen molar-refractivity contribution in [1.82, 2.24) is 4.90 Å². The highest BCUT2D eigenvalue weighted by Gasteiger charge is 2.51. The van der Waals surface area contributed by atoms with Gasteiger partial charge in [-0.15, -0.1) is 0 Å². The molecule has 0 heterocycles. The molecule has 0 aliphatic heterocycles. The second kappa shape index (κ2) is 9.07. The lowest BCUT2D eigenvalue weighted by atomic mass is 9.75. The van der Waals surface area contributed by atoms with Crippen molar-refractivity contribution in [3.8, 4) is 6.07 Å². The zero-order valence-electron chi connectivity index (χ0n) is 19.3. The number of hydrogen-bond acceptors (Lipinski definition) is 3. The largest absolute Gasteiger partial charge is 0.421 e. The lowest BCUT2D eigenvalue weighted by Crippen LogP contribution is -2.47. The molecule has 0 saturated heterocycles. The van der Waals surface area contributed by atoms with Crippen molar-refractivity contribution in [2.45, 2.75) is 75.7 Å². The number of carbonyl (C=O) groups is 1. The molecule has 0 spiro atoms. The van der Waals surface area contributed by atoms with Crippen LogP contribution in [0, 0.1) is 17.2 Å². The van der Waals surface area contributed by atoms with Crippen LogP contribution in [0.15, 0.2) is 48.5 Å². The van der Waals surface area contributed by atoms with Gasteiger partial charge in [0.05, 0.1) is 11.6 Å². The number of nitriles is 1. The molecule has 180 valence electrons. The van der Waals surface area contributed by atoms with Gasteiger partial charge in [0.25, 0.3) is 5.91 Å². The summed E-state index contributed by atoms with van der Waals surface area (Å²) >= 11 is 0. The van der Waals surface area contributed by atoms with Crippen LogP contribution in [0.3, 0.4) is 0 Å². The molecule has 1 N–H and O–H groups in total. The summed E-state index contributed by atoms with van der Waals surface area (Å²) in [4.78, 5) is 15.4. The topological polar surface area (TPSA) is 64.3 Å². The summed E-state index contributed by atoms with van der Waals surface area (Å²) in [7, 11) is 0. The molecule has 0 aromatic heterocycles. The van der Waals surface area contributed by atoms with E-state index in [1.54, 1.807) is 0 Å². The minimum absolute atomic E-state index is 0.0765. The Morgan fingerprint density at radius 1 is 1.03 bits per heavy atom. The second-order valence-corrected chi connectivity index (χ2v) is 9.88. The van der Waals surface area contributed by atoms with Crippen LogP contribution in [-0.4, -0.2) is 34.2 Å². The maximum absolute atomic E-state index is 13.5. The SMILES string of the molecule is C[C@@H]1C[C@@H](c2ccc(C#N)cc2)CC[C@H]1N(C(=O)c1ccc([C@](C)(O)C(F)(F)F)cc1)C1CC1. The molecule has 2 aliphatic carbocycles. The van der Waals surface area contributed by atoms with Crippen LogP contribution in [0.4, 0.5) is 13.2 Å². The predicted molar refractivity (Wildman–Crippen MR) is 122 cm³/mol. The molecule has 4 nitrogen and oxygen atoms in total. The monoisotopic (exact) mass is 470 g/mol. The molecule has 2 aliphatic rings. The summed E-state index contributed by atoms with van der Waals surface area (Å²) in [5, 5.41) is 18.9. The number of alkyl halides is 3. The molecule has 2 fully saturated rings. The molecule has 1 amide bonds. The Labute approximate surface area is 198 Å². The van der Waals surface area contributed by atoms with Crippen molar-refractivity contribution in [2.75, 3.05) is 0 Å². The predicted octanol–water partition coefficient (Wildman–Crippen LogP) is 5.91. The van der Waals surface area contributed by atoms with E-state index in [1.807, 2.05) is 29.2 Å². The Bertz CT molecular complexity index is 1070. The molecular weight excluding hydrogens is 441 g/mol. The standard InChI is InChI=1S/C27H29F3N2O2/c1-17-15-21(19-5-3-18(16-31)4-6-19)9-14-24(17)32(23-12-13-23)25(33)20-7-10-22(11-8-20)26(2,34)27(28,29)30/h3-8,10-11,17,21,23-24,34H,9,12-15H2,1-2H3/t17-,21+,24-,26+/m1/s1. The lowest BCUT2D eigenvalue weighted by molar-refractivity contribution is -0.258. The number of carbonyl (C=O) groups excluding carboxylic acids is 1.